The molecular formula is C15H22N2O3. The van der Waals surface area contributed by atoms with E-state index < -0.39 is 0 Å². The van der Waals surface area contributed by atoms with Gasteiger partial charge < -0.3 is 20.5 Å². The number of nitrogens with one attached hydrogen (secondary N) is 1. The van der Waals surface area contributed by atoms with Crippen molar-refractivity contribution >= 4 is 11.6 Å². The molecule has 0 radical (unpaired) electrons. The number of anilines is 1. The average Bonchev–Trinajstić information content (AvgIpc) is 2.86. The molecule has 0 aromatic heterocycles. The maximum absolute atomic E-state index is 11.7. The Labute approximate surface area is 119 Å². The van der Waals surface area contributed by atoms with Gasteiger partial charge in [0.2, 0.25) is 5.91 Å². The maximum Gasteiger partial charge on any atom is 0.223 e. The first kappa shape index (κ1) is 14.7. The fraction of sp³-hybridized carbons (Fsp3) is 0.533. The summed E-state index contributed by atoms with van der Waals surface area (Å²) < 4.78 is 11.1. The Morgan fingerprint density at radius 3 is 3.00 bits per heavy atom. The van der Waals surface area contributed by atoms with Gasteiger partial charge in [0.15, 0.2) is 0 Å². The summed E-state index contributed by atoms with van der Waals surface area (Å²) in [6.07, 6.45) is 2.36. The smallest absolute Gasteiger partial charge is 0.223 e. The Hall–Kier alpha value is -1.75. The van der Waals surface area contributed by atoms with Gasteiger partial charge in [-0.15, -0.1) is 0 Å². The van der Waals surface area contributed by atoms with Crippen molar-refractivity contribution in [2.45, 2.75) is 31.8 Å². The van der Waals surface area contributed by atoms with Crippen LogP contribution in [0.4, 0.5) is 5.69 Å². The van der Waals surface area contributed by atoms with Crippen LogP contribution in [0.5, 0.6) is 5.75 Å². The minimum Gasteiger partial charge on any atom is -0.491 e. The highest BCUT2D eigenvalue weighted by Crippen LogP contribution is 2.24. The Morgan fingerprint density at radius 1 is 1.50 bits per heavy atom. The van der Waals surface area contributed by atoms with E-state index in [2.05, 4.69) is 5.32 Å². The third-order valence-corrected chi connectivity index (χ3v) is 3.47. The molecule has 0 saturated carbocycles. The van der Waals surface area contributed by atoms with Crippen molar-refractivity contribution in [1.29, 1.82) is 0 Å². The number of amides is 1. The van der Waals surface area contributed by atoms with E-state index >= 15 is 0 Å². The molecule has 2 rings (SSSR count). The van der Waals surface area contributed by atoms with E-state index in [1.165, 1.54) is 0 Å². The lowest BCUT2D eigenvalue weighted by Gasteiger charge is -2.23. The highest BCUT2D eigenvalue weighted by Gasteiger charge is 2.29. The monoisotopic (exact) mass is 278 g/mol. The van der Waals surface area contributed by atoms with Gasteiger partial charge in [-0.1, -0.05) is 12.1 Å². The molecule has 1 saturated heterocycles. The Bertz CT molecular complexity index is 456. The Balaban J connectivity index is 1.67. The first-order valence-electron chi connectivity index (χ1n) is 6.97. The van der Waals surface area contributed by atoms with E-state index in [4.69, 9.17) is 15.2 Å². The summed E-state index contributed by atoms with van der Waals surface area (Å²) in [7, 11) is 0. The van der Waals surface area contributed by atoms with E-state index in [1.807, 2.05) is 19.1 Å². The van der Waals surface area contributed by atoms with Crippen molar-refractivity contribution in [2.24, 2.45) is 0 Å². The first-order valence-corrected chi connectivity index (χ1v) is 6.97. The van der Waals surface area contributed by atoms with E-state index in [0.717, 1.165) is 19.4 Å². The van der Waals surface area contributed by atoms with Crippen molar-refractivity contribution in [3.63, 3.8) is 0 Å². The predicted octanol–water partition coefficient (Wildman–Crippen LogP) is 1.72. The number of nitrogens with two attached hydrogens (primary N) is 1. The summed E-state index contributed by atoms with van der Waals surface area (Å²) in [6, 6.07) is 7.26. The third kappa shape index (κ3) is 4.13. The molecule has 0 aliphatic carbocycles. The number of nitrogen functional groups attached to an aromatic ring is 1. The van der Waals surface area contributed by atoms with Crippen LogP contribution in [0.1, 0.15) is 26.2 Å². The van der Waals surface area contributed by atoms with Gasteiger partial charge in [-0.2, -0.15) is 0 Å². The summed E-state index contributed by atoms with van der Waals surface area (Å²) in [5.41, 5.74) is 6.13. The molecule has 1 unspecified atom stereocenters. The van der Waals surface area contributed by atoms with Gasteiger partial charge >= 0.3 is 0 Å². The molecule has 1 amide bonds. The normalized spacial score (nSPS) is 21.6. The first-order chi connectivity index (χ1) is 9.59. The van der Waals surface area contributed by atoms with E-state index in [1.54, 1.807) is 12.1 Å². The van der Waals surface area contributed by atoms with Gasteiger partial charge in [-0.25, -0.2) is 0 Å². The lowest BCUT2D eigenvalue weighted by molar-refractivity contribution is -0.122. The van der Waals surface area contributed by atoms with Gasteiger partial charge in [-0.05, 0) is 31.9 Å². The molecule has 3 N–H and O–H groups in total. The molecule has 0 bridgehead atoms. The zero-order valence-corrected chi connectivity index (χ0v) is 11.9. The number of benzene rings is 1. The molecule has 110 valence electrons. The van der Waals surface area contributed by atoms with Crippen molar-refractivity contribution in [2.75, 3.05) is 25.5 Å². The topological polar surface area (TPSA) is 73.6 Å². The van der Waals surface area contributed by atoms with Crippen LogP contribution in [-0.2, 0) is 9.53 Å². The number of hydrogen-bond acceptors (Lipinski definition) is 4. The van der Waals surface area contributed by atoms with Crippen molar-refractivity contribution in [1.82, 2.24) is 5.32 Å². The molecule has 1 aliphatic rings. The minimum atomic E-state index is -0.208. The van der Waals surface area contributed by atoms with Crippen molar-refractivity contribution in [3.8, 4) is 5.75 Å². The molecular weight excluding hydrogens is 256 g/mol. The van der Waals surface area contributed by atoms with E-state index in [-0.39, 0.29) is 11.5 Å². The van der Waals surface area contributed by atoms with Gasteiger partial charge in [0.25, 0.3) is 0 Å². The highest BCUT2D eigenvalue weighted by molar-refractivity contribution is 5.76. The Morgan fingerprint density at radius 2 is 2.30 bits per heavy atom. The molecule has 5 heteroatoms. The molecule has 1 fully saturated rings. The van der Waals surface area contributed by atoms with Crippen LogP contribution in [0.3, 0.4) is 0 Å². The molecule has 1 aliphatic heterocycles. The molecule has 1 atom stereocenters. The summed E-state index contributed by atoms with van der Waals surface area (Å²) in [4.78, 5) is 11.7. The zero-order chi connectivity index (χ0) is 14.4. The van der Waals surface area contributed by atoms with Crippen LogP contribution in [-0.4, -0.2) is 31.3 Å². The van der Waals surface area contributed by atoms with Crippen LogP contribution >= 0.6 is 0 Å². The van der Waals surface area contributed by atoms with Gasteiger partial charge in [0, 0.05) is 13.2 Å². The Kier molecular flexibility index (Phi) is 4.84. The standard InChI is InChI=1S/C15H22N2O3/c1-15(8-4-9-20-15)11-17-14(18)7-10-19-13-6-3-2-5-12(13)16/h2-3,5-6H,4,7-11,16H2,1H3,(H,17,18). The van der Waals surface area contributed by atoms with Gasteiger partial charge in [-0.3, -0.25) is 4.79 Å². The molecule has 5 nitrogen and oxygen atoms in total. The molecule has 20 heavy (non-hydrogen) atoms. The molecule has 1 aromatic rings. The largest absolute Gasteiger partial charge is 0.491 e. The minimum absolute atomic E-state index is 0.0313. The van der Waals surface area contributed by atoms with Crippen LogP contribution in [0.15, 0.2) is 24.3 Å². The summed E-state index contributed by atoms with van der Waals surface area (Å²) >= 11 is 0. The number of ether oxygens (including phenoxy) is 2. The van der Waals surface area contributed by atoms with Crippen LogP contribution in [0.25, 0.3) is 0 Å². The number of carbonyl (C=O) groups is 1. The quantitative estimate of drug-likeness (QED) is 0.777. The van der Waals surface area contributed by atoms with Crippen molar-refractivity contribution < 1.29 is 14.3 Å². The fourth-order valence-electron chi connectivity index (χ4n) is 2.22. The number of rotatable bonds is 6. The van der Waals surface area contributed by atoms with Crippen molar-refractivity contribution in [3.05, 3.63) is 24.3 Å². The fourth-order valence-corrected chi connectivity index (χ4v) is 2.22. The predicted molar refractivity (Wildman–Crippen MR) is 77.6 cm³/mol. The van der Waals surface area contributed by atoms with Gasteiger partial charge in [0.05, 0.1) is 24.3 Å². The summed E-state index contributed by atoms with van der Waals surface area (Å²) in [6.45, 7) is 3.68. The molecule has 1 aromatic carbocycles. The zero-order valence-electron chi connectivity index (χ0n) is 11.9. The lowest BCUT2D eigenvalue weighted by atomic mass is 10.0. The number of hydrogen-bond donors (Lipinski definition) is 2. The third-order valence-electron chi connectivity index (χ3n) is 3.47. The summed E-state index contributed by atoms with van der Waals surface area (Å²) in [5.74, 6) is 0.586. The average molecular weight is 278 g/mol. The van der Waals surface area contributed by atoms with Crippen LogP contribution in [0.2, 0.25) is 0 Å². The second-order valence-corrected chi connectivity index (χ2v) is 5.31. The second kappa shape index (κ2) is 6.61. The second-order valence-electron chi connectivity index (χ2n) is 5.31. The SMILES string of the molecule is CC1(CNC(=O)CCOc2ccccc2N)CCCO1. The van der Waals surface area contributed by atoms with Crippen LogP contribution in [0, 0.1) is 0 Å². The number of carbonyl (C=O) groups excluding carboxylic acids is 1. The van der Waals surface area contributed by atoms with Crippen LogP contribution < -0.4 is 15.8 Å². The molecule has 0 spiro atoms. The van der Waals surface area contributed by atoms with E-state index in [9.17, 15) is 4.79 Å². The van der Waals surface area contributed by atoms with Gasteiger partial charge in [0.1, 0.15) is 5.75 Å². The lowest BCUT2D eigenvalue weighted by Crippen LogP contribution is -2.40. The maximum atomic E-state index is 11.7. The highest BCUT2D eigenvalue weighted by atomic mass is 16.5. The summed E-state index contributed by atoms with van der Waals surface area (Å²) in [5, 5.41) is 2.89. The molecule has 1 heterocycles. The number of para-hydroxylation sites is 2. The van der Waals surface area contributed by atoms with E-state index in [0.29, 0.717) is 31.0 Å².